The minimum Gasteiger partial charge on any atom is -0.399 e. The highest BCUT2D eigenvalue weighted by Gasteiger charge is 2.16. The van der Waals surface area contributed by atoms with E-state index in [4.69, 9.17) is 5.73 Å². The van der Waals surface area contributed by atoms with Gasteiger partial charge in [0, 0.05) is 54.5 Å². The van der Waals surface area contributed by atoms with Crippen LogP contribution in [0.2, 0.25) is 0 Å². The molecular weight excluding hydrogens is 1140 g/mol. The van der Waals surface area contributed by atoms with Crippen LogP contribution in [-0.4, -0.2) is 9.13 Å². The molecule has 0 atom stereocenters. The molecule has 0 aliphatic heterocycles. The van der Waals surface area contributed by atoms with Gasteiger partial charge >= 0.3 is 0 Å². The number of nitrogen functional groups attached to an aromatic ring is 1. The van der Waals surface area contributed by atoms with Crippen LogP contribution in [0.25, 0.3) is 122 Å². The fourth-order valence-electron chi connectivity index (χ4n) is 12.0. The van der Waals surface area contributed by atoms with Crippen molar-refractivity contribution >= 4 is 76.6 Å². The molecule has 0 amide bonds. The average Bonchev–Trinajstić information content (AvgIpc) is 1.91. The summed E-state index contributed by atoms with van der Waals surface area (Å²) in [6.45, 7) is 0. The topological polar surface area (TPSA) is 47.9 Å². The summed E-state index contributed by atoms with van der Waals surface area (Å²) in [6, 6.07) is 124. The third-order valence-electron chi connectivity index (χ3n) is 16.5. The van der Waals surface area contributed by atoms with Gasteiger partial charge in [0.2, 0.25) is 0 Å². The third-order valence-corrected chi connectivity index (χ3v) is 17.0. The Morgan fingerprint density at radius 3 is 0.843 bits per heavy atom. The summed E-state index contributed by atoms with van der Waals surface area (Å²) >= 11 is 3.52. The number of hydrogen-bond donors (Lipinski definition) is 2. The molecule has 0 saturated heterocycles. The second kappa shape index (κ2) is 25.4. The van der Waals surface area contributed by atoms with Gasteiger partial charge in [-0.15, -0.1) is 0 Å². The van der Waals surface area contributed by atoms with Gasteiger partial charge in [0.15, 0.2) is 0 Å². The standard InChI is InChI=1S/C42H30N2.C30H20BrN.C12H11N/c1-3-9-30(10-4-1)32-15-22-36(23-16-32)43-37-24-17-33(18-25-37)34-19-26-38(27-20-34)44-41-14-8-7-13-39(41)40-29-35(21-28-42(40)44)31-11-5-2-6-12-31;31-25-15-10-22(11-16-25)23-12-17-26(18-13-23)32-29-9-5-4-8-27(29)28-20-24(14-19-30(28)32)21-6-2-1-3-7-21;13-12-8-6-11(7-9-12)10-4-2-1-3-5-10/h1-29,43H;1-20H;1-9H,13H2. The van der Waals surface area contributed by atoms with E-state index in [0.29, 0.717) is 0 Å². The molecule has 0 saturated carbocycles. The Hall–Kier alpha value is -11.2. The van der Waals surface area contributed by atoms with Gasteiger partial charge in [-0.1, -0.05) is 259 Å². The Morgan fingerprint density at radius 1 is 0.225 bits per heavy atom. The van der Waals surface area contributed by atoms with E-state index in [-0.39, 0.29) is 0 Å². The first-order chi connectivity index (χ1) is 43.9. The third kappa shape index (κ3) is 12.0. The minimum absolute atomic E-state index is 0.805. The van der Waals surface area contributed by atoms with Crippen molar-refractivity contribution < 1.29 is 0 Å². The predicted octanol–water partition coefficient (Wildman–Crippen LogP) is 23.3. The first-order valence-corrected chi connectivity index (χ1v) is 30.8. The van der Waals surface area contributed by atoms with Crippen LogP contribution in [0.1, 0.15) is 0 Å². The summed E-state index contributed by atoms with van der Waals surface area (Å²) < 4.78 is 5.84. The Balaban J connectivity index is 0.000000134. The SMILES string of the molecule is Brc1ccc(-c2ccc(-n3c4ccccc4c4cc(-c5ccccc5)ccc43)cc2)cc1.Nc1ccc(-c2ccccc2)cc1.c1ccc(-c2ccc(Nc3ccc(-c4ccc(-n5c6ccccc6c6cc(-c7ccccc7)ccc65)cc4)cc3)cc2)cc1. The van der Waals surface area contributed by atoms with E-state index in [1.807, 2.05) is 48.5 Å². The van der Waals surface area contributed by atoms with E-state index in [9.17, 15) is 0 Å². The summed E-state index contributed by atoms with van der Waals surface area (Å²) in [5, 5.41) is 8.62. The van der Waals surface area contributed by atoms with Crippen molar-refractivity contribution in [3.8, 4) is 78.1 Å². The van der Waals surface area contributed by atoms with Crippen LogP contribution in [0.3, 0.4) is 0 Å². The molecule has 16 rings (SSSR count). The number of fused-ring (bicyclic) bond motifs is 6. The van der Waals surface area contributed by atoms with E-state index < -0.39 is 0 Å². The number of anilines is 3. The maximum atomic E-state index is 5.60. The molecule has 2 heterocycles. The lowest BCUT2D eigenvalue weighted by Crippen LogP contribution is -1.94. The van der Waals surface area contributed by atoms with E-state index in [0.717, 1.165) is 27.2 Å². The number of halogens is 1. The zero-order valence-electron chi connectivity index (χ0n) is 48.8. The summed E-state index contributed by atoms with van der Waals surface area (Å²) in [5.74, 6) is 0. The van der Waals surface area contributed by atoms with Crippen LogP contribution in [0.15, 0.2) is 356 Å². The molecule has 0 unspecified atom stereocenters. The first-order valence-electron chi connectivity index (χ1n) is 30.0. The number of nitrogens with one attached hydrogen (secondary N) is 1. The molecule has 424 valence electrons. The van der Waals surface area contributed by atoms with E-state index >= 15 is 0 Å². The fraction of sp³-hybridized carbons (Fsp3) is 0. The molecule has 0 spiro atoms. The van der Waals surface area contributed by atoms with E-state index in [1.165, 1.54) is 116 Å². The van der Waals surface area contributed by atoms with Gasteiger partial charge in [0.05, 0.1) is 22.1 Å². The van der Waals surface area contributed by atoms with Crippen molar-refractivity contribution in [2.75, 3.05) is 11.1 Å². The molecule has 0 fully saturated rings. The van der Waals surface area contributed by atoms with Crippen molar-refractivity contribution in [2.45, 2.75) is 0 Å². The molecule has 0 aliphatic rings. The Labute approximate surface area is 527 Å². The highest BCUT2D eigenvalue weighted by atomic mass is 79.9. The molecule has 4 nitrogen and oxygen atoms in total. The normalized spacial score (nSPS) is 11.0. The highest BCUT2D eigenvalue weighted by Crippen LogP contribution is 2.38. The Kier molecular flexibility index (Phi) is 15.9. The van der Waals surface area contributed by atoms with Gasteiger partial charge in [-0.2, -0.15) is 0 Å². The predicted molar refractivity (Wildman–Crippen MR) is 382 cm³/mol. The summed E-state index contributed by atoms with van der Waals surface area (Å²) in [5.41, 5.74) is 30.4. The number of nitrogens with zero attached hydrogens (tertiary/aromatic N) is 2. The van der Waals surface area contributed by atoms with Crippen molar-refractivity contribution in [2.24, 2.45) is 0 Å². The van der Waals surface area contributed by atoms with Crippen LogP contribution < -0.4 is 11.1 Å². The Morgan fingerprint density at radius 2 is 0.483 bits per heavy atom. The molecule has 14 aromatic carbocycles. The van der Waals surface area contributed by atoms with Crippen LogP contribution in [0, 0.1) is 0 Å². The van der Waals surface area contributed by atoms with E-state index in [1.54, 1.807) is 0 Å². The molecule has 2 aromatic heterocycles. The lowest BCUT2D eigenvalue weighted by molar-refractivity contribution is 1.18. The van der Waals surface area contributed by atoms with Crippen molar-refractivity contribution in [3.63, 3.8) is 0 Å². The number of aromatic nitrogens is 2. The van der Waals surface area contributed by atoms with Crippen LogP contribution in [0.4, 0.5) is 17.1 Å². The van der Waals surface area contributed by atoms with E-state index in [2.05, 4.69) is 334 Å². The molecular formula is C84H61BrN4. The maximum absolute atomic E-state index is 5.60. The van der Waals surface area contributed by atoms with Gasteiger partial charge in [-0.25, -0.2) is 0 Å². The van der Waals surface area contributed by atoms with Gasteiger partial charge in [-0.3, -0.25) is 0 Å². The van der Waals surface area contributed by atoms with Crippen molar-refractivity contribution in [1.82, 2.24) is 9.13 Å². The number of rotatable bonds is 10. The zero-order chi connectivity index (χ0) is 59.9. The molecule has 0 radical (unpaired) electrons. The van der Waals surface area contributed by atoms with Gasteiger partial charge in [0.1, 0.15) is 0 Å². The smallest absolute Gasteiger partial charge is 0.0541 e. The van der Waals surface area contributed by atoms with Crippen LogP contribution >= 0.6 is 15.9 Å². The van der Waals surface area contributed by atoms with Crippen molar-refractivity contribution in [1.29, 1.82) is 0 Å². The number of para-hydroxylation sites is 2. The minimum atomic E-state index is 0.805. The van der Waals surface area contributed by atoms with Crippen LogP contribution in [-0.2, 0) is 0 Å². The second-order valence-corrected chi connectivity index (χ2v) is 23.1. The average molecular weight is 1210 g/mol. The van der Waals surface area contributed by atoms with Crippen LogP contribution in [0.5, 0.6) is 0 Å². The maximum Gasteiger partial charge on any atom is 0.0541 e. The largest absolute Gasteiger partial charge is 0.399 e. The lowest BCUT2D eigenvalue weighted by Gasteiger charge is -2.11. The molecule has 3 N–H and O–H groups in total. The second-order valence-electron chi connectivity index (χ2n) is 22.1. The number of hydrogen-bond acceptors (Lipinski definition) is 2. The highest BCUT2D eigenvalue weighted by molar-refractivity contribution is 9.10. The first kappa shape index (κ1) is 55.6. The van der Waals surface area contributed by atoms with Crippen molar-refractivity contribution in [3.05, 3.63) is 356 Å². The molecule has 0 bridgehead atoms. The fourth-order valence-corrected chi connectivity index (χ4v) is 12.2. The quantitative estimate of drug-likeness (QED) is 0.134. The summed E-state index contributed by atoms with van der Waals surface area (Å²) in [6.07, 6.45) is 0. The lowest BCUT2D eigenvalue weighted by atomic mass is 10.0. The molecule has 89 heavy (non-hydrogen) atoms. The molecule has 16 aromatic rings. The van der Waals surface area contributed by atoms with Gasteiger partial charge < -0.3 is 20.2 Å². The molecule has 0 aliphatic carbocycles. The van der Waals surface area contributed by atoms with Gasteiger partial charge in [0.25, 0.3) is 0 Å². The summed E-state index contributed by atoms with van der Waals surface area (Å²) in [7, 11) is 0. The molecule has 5 heteroatoms. The monoisotopic (exact) mass is 1200 g/mol. The summed E-state index contributed by atoms with van der Waals surface area (Å²) in [4.78, 5) is 0. The number of nitrogens with two attached hydrogens (primary N) is 1. The van der Waals surface area contributed by atoms with Gasteiger partial charge in [-0.05, 0) is 176 Å². The number of benzene rings is 14. The Bertz CT molecular complexity index is 5020. The zero-order valence-corrected chi connectivity index (χ0v) is 50.4.